The van der Waals surface area contributed by atoms with Crippen LogP contribution in [0.25, 0.3) is 0 Å². The van der Waals surface area contributed by atoms with E-state index in [2.05, 4.69) is 10.6 Å². The fraction of sp³-hybridized carbons (Fsp3) is 0.462. The summed E-state index contributed by atoms with van der Waals surface area (Å²) in [5.41, 5.74) is 1.11. The molecule has 0 saturated carbocycles. The number of carbonyl (C=O) groups is 1. The molecule has 6 heteroatoms. The summed E-state index contributed by atoms with van der Waals surface area (Å²) in [6.07, 6.45) is -0.634. The molecule has 1 aromatic rings. The molecule has 1 amide bonds. The van der Waals surface area contributed by atoms with Crippen LogP contribution in [-0.2, 0) is 0 Å². The molecule has 1 aromatic carbocycles. The quantitative estimate of drug-likeness (QED) is 0.708. The number of rotatable bonds is 6. The molecule has 0 radical (unpaired) electrons. The van der Waals surface area contributed by atoms with E-state index in [0.717, 1.165) is 0 Å². The summed E-state index contributed by atoms with van der Waals surface area (Å²) in [5.74, 6) is -0.0667. The lowest BCUT2D eigenvalue weighted by atomic mass is 10.1. The fourth-order valence-corrected chi connectivity index (χ4v) is 1.75. The minimum absolute atomic E-state index is 0.0400. The van der Waals surface area contributed by atoms with E-state index < -0.39 is 6.10 Å². The third-order valence-corrected chi connectivity index (χ3v) is 3.04. The van der Waals surface area contributed by atoms with Crippen LogP contribution in [-0.4, -0.2) is 35.6 Å². The molecule has 0 fully saturated rings. The van der Waals surface area contributed by atoms with Crippen LogP contribution in [0.1, 0.15) is 24.2 Å². The van der Waals surface area contributed by atoms with Gasteiger partial charge in [0.1, 0.15) is 0 Å². The first-order valence-corrected chi connectivity index (χ1v) is 6.93. The Morgan fingerprint density at radius 2 is 2.11 bits per heavy atom. The minimum atomic E-state index is -0.634. The van der Waals surface area contributed by atoms with E-state index in [-0.39, 0.29) is 17.8 Å². The molecule has 1 unspecified atom stereocenters. The fourth-order valence-electron chi connectivity index (χ4n) is 1.44. The summed E-state index contributed by atoms with van der Waals surface area (Å²) < 4.78 is 0. The molecular weight excluding hydrogens is 287 g/mol. The number of alkyl halides is 1. The van der Waals surface area contributed by atoms with Crippen molar-refractivity contribution in [3.8, 4) is 0 Å². The van der Waals surface area contributed by atoms with Crippen LogP contribution >= 0.6 is 23.2 Å². The number of hydrogen-bond donors (Lipinski definition) is 3. The third-order valence-electron chi connectivity index (χ3n) is 2.35. The Morgan fingerprint density at radius 3 is 2.68 bits per heavy atom. The maximum atomic E-state index is 11.9. The molecule has 0 aliphatic carbocycles. The zero-order chi connectivity index (χ0) is 14.4. The van der Waals surface area contributed by atoms with E-state index in [1.165, 1.54) is 0 Å². The molecule has 0 spiro atoms. The Kier molecular flexibility index (Phi) is 6.42. The number of hydrogen-bond acceptors (Lipinski definition) is 3. The maximum Gasteiger partial charge on any atom is 0.253 e. The molecule has 0 aliphatic rings. The highest BCUT2D eigenvalue weighted by Gasteiger charge is 2.12. The Balaban J connectivity index is 2.79. The summed E-state index contributed by atoms with van der Waals surface area (Å²) in [6.45, 7) is 4.08. The van der Waals surface area contributed by atoms with Crippen LogP contribution < -0.4 is 10.6 Å². The highest BCUT2D eigenvalue weighted by molar-refractivity contribution is 6.34. The SMILES string of the molecule is CC(C)NC(=O)c1cc(NCC(O)CCl)ccc1Cl. The smallest absolute Gasteiger partial charge is 0.253 e. The maximum absolute atomic E-state index is 11.9. The van der Waals surface area contributed by atoms with Gasteiger partial charge in [0.25, 0.3) is 5.91 Å². The van der Waals surface area contributed by atoms with Crippen molar-refractivity contribution in [1.29, 1.82) is 0 Å². The molecule has 1 rings (SSSR count). The first-order valence-electron chi connectivity index (χ1n) is 6.02. The average Bonchev–Trinajstić information content (AvgIpc) is 2.36. The Bertz CT molecular complexity index is 439. The van der Waals surface area contributed by atoms with Gasteiger partial charge in [-0.2, -0.15) is 0 Å². The molecule has 0 heterocycles. The molecule has 3 N–H and O–H groups in total. The normalized spacial score (nSPS) is 12.3. The van der Waals surface area contributed by atoms with Crippen molar-refractivity contribution < 1.29 is 9.90 Å². The topological polar surface area (TPSA) is 61.4 Å². The second-order valence-electron chi connectivity index (χ2n) is 4.51. The van der Waals surface area contributed by atoms with Crippen molar-refractivity contribution in [1.82, 2.24) is 5.32 Å². The van der Waals surface area contributed by atoms with Gasteiger partial charge in [0, 0.05) is 18.3 Å². The van der Waals surface area contributed by atoms with Crippen molar-refractivity contribution in [3.05, 3.63) is 28.8 Å². The lowest BCUT2D eigenvalue weighted by Crippen LogP contribution is -2.30. The first kappa shape index (κ1) is 16.1. The van der Waals surface area contributed by atoms with Crippen LogP contribution in [0, 0.1) is 0 Å². The van der Waals surface area contributed by atoms with Crippen molar-refractivity contribution in [3.63, 3.8) is 0 Å². The molecule has 0 aromatic heterocycles. The van der Waals surface area contributed by atoms with Crippen molar-refractivity contribution in [2.75, 3.05) is 17.7 Å². The Hall–Kier alpha value is -0.970. The zero-order valence-electron chi connectivity index (χ0n) is 10.9. The van der Waals surface area contributed by atoms with Gasteiger partial charge in [-0.1, -0.05) is 11.6 Å². The number of aliphatic hydroxyl groups excluding tert-OH is 1. The largest absolute Gasteiger partial charge is 0.390 e. The predicted molar refractivity (Wildman–Crippen MR) is 79.3 cm³/mol. The lowest BCUT2D eigenvalue weighted by Gasteiger charge is -2.13. The van der Waals surface area contributed by atoms with E-state index >= 15 is 0 Å². The molecule has 1 atom stereocenters. The second-order valence-corrected chi connectivity index (χ2v) is 5.23. The highest BCUT2D eigenvalue weighted by atomic mass is 35.5. The van der Waals surface area contributed by atoms with Gasteiger partial charge in [-0.3, -0.25) is 4.79 Å². The van der Waals surface area contributed by atoms with Crippen LogP contribution in [0.5, 0.6) is 0 Å². The molecule has 0 aliphatic heterocycles. The van der Waals surface area contributed by atoms with Crippen molar-refractivity contribution in [2.45, 2.75) is 26.0 Å². The predicted octanol–water partition coefficient (Wildman–Crippen LogP) is 2.49. The number of aliphatic hydroxyl groups is 1. The number of carbonyl (C=O) groups excluding carboxylic acids is 1. The Morgan fingerprint density at radius 1 is 1.42 bits per heavy atom. The number of halogens is 2. The van der Waals surface area contributed by atoms with Gasteiger partial charge >= 0.3 is 0 Å². The van der Waals surface area contributed by atoms with E-state index in [4.69, 9.17) is 23.2 Å². The first-order chi connectivity index (χ1) is 8.93. The number of benzene rings is 1. The van der Waals surface area contributed by atoms with Gasteiger partial charge in [-0.05, 0) is 32.0 Å². The van der Waals surface area contributed by atoms with E-state index in [0.29, 0.717) is 22.8 Å². The lowest BCUT2D eigenvalue weighted by molar-refractivity contribution is 0.0943. The molecule has 106 valence electrons. The molecule has 19 heavy (non-hydrogen) atoms. The summed E-state index contributed by atoms with van der Waals surface area (Å²) in [7, 11) is 0. The number of nitrogens with one attached hydrogen (secondary N) is 2. The molecule has 4 nitrogen and oxygen atoms in total. The Labute approximate surface area is 123 Å². The van der Waals surface area contributed by atoms with E-state index in [1.54, 1.807) is 18.2 Å². The standard InChI is InChI=1S/C13H18Cl2N2O2/c1-8(2)17-13(19)11-5-9(3-4-12(11)15)16-7-10(18)6-14/h3-5,8,10,16,18H,6-7H2,1-2H3,(H,17,19). The monoisotopic (exact) mass is 304 g/mol. The van der Waals surface area contributed by atoms with E-state index in [1.807, 2.05) is 13.8 Å². The number of anilines is 1. The van der Waals surface area contributed by atoms with Gasteiger partial charge in [0.15, 0.2) is 0 Å². The van der Waals surface area contributed by atoms with Crippen molar-refractivity contribution >= 4 is 34.8 Å². The summed E-state index contributed by atoms with van der Waals surface area (Å²) >= 11 is 11.5. The average molecular weight is 305 g/mol. The summed E-state index contributed by atoms with van der Waals surface area (Å²) in [5, 5.41) is 15.5. The van der Waals surface area contributed by atoms with Crippen LogP contribution in [0.4, 0.5) is 5.69 Å². The van der Waals surface area contributed by atoms with Gasteiger partial charge in [-0.25, -0.2) is 0 Å². The summed E-state index contributed by atoms with van der Waals surface area (Å²) in [4.78, 5) is 11.9. The van der Waals surface area contributed by atoms with Crippen molar-refractivity contribution in [2.24, 2.45) is 0 Å². The minimum Gasteiger partial charge on any atom is -0.390 e. The van der Waals surface area contributed by atoms with Gasteiger partial charge in [-0.15, -0.1) is 11.6 Å². The van der Waals surface area contributed by atoms with Crippen LogP contribution in [0.3, 0.4) is 0 Å². The third kappa shape index (κ3) is 5.27. The molecule has 0 bridgehead atoms. The number of amides is 1. The molecule has 0 saturated heterocycles. The highest BCUT2D eigenvalue weighted by Crippen LogP contribution is 2.20. The van der Waals surface area contributed by atoms with Gasteiger partial charge in [0.05, 0.1) is 22.6 Å². The zero-order valence-corrected chi connectivity index (χ0v) is 12.4. The molecular formula is C13H18Cl2N2O2. The second kappa shape index (κ2) is 7.58. The van der Waals surface area contributed by atoms with Crippen LogP contribution in [0.2, 0.25) is 5.02 Å². The van der Waals surface area contributed by atoms with Crippen LogP contribution in [0.15, 0.2) is 18.2 Å². The summed E-state index contributed by atoms with van der Waals surface area (Å²) in [6, 6.07) is 5.08. The van der Waals surface area contributed by atoms with E-state index in [9.17, 15) is 9.90 Å². The van der Waals surface area contributed by atoms with Gasteiger partial charge in [0.2, 0.25) is 0 Å². The van der Waals surface area contributed by atoms with Gasteiger partial charge < -0.3 is 15.7 Å².